The van der Waals surface area contributed by atoms with Crippen LogP contribution in [0.4, 0.5) is 4.39 Å². The molecule has 0 aliphatic rings. The third-order valence-corrected chi connectivity index (χ3v) is 5.37. The van der Waals surface area contributed by atoms with Crippen LogP contribution in [0.1, 0.15) is 43.9 Å². The van der Waals surface area contributed by atoms with E-state index in [-0.39, 0.29) is 31.0 Å². The van der Waals surface area contributed by atoms with Crippen molar-refractivity contribution in [2.24, 2.45) is 0 Å². The van der Waals surface area contributed by atoms with E-state index in [1.807, 2.05) is 39.8 Å². The van der Waals surface area contributed by atoms with Crippen molar-refractivity contribution in [3.63, 3.8) is 0 Å². The molecule has 162 valence electrons. The molecule has 0 aliphatic heterocycles. The van der Waals surface area contributed by atoms with Crippen LogP contribution < -0.4 is 10.1 Å². The normalized spacial score (nSPS) is 12.7. The molecule has 30 heavy (non-hydrogen) atoms. The van der Waals surface area contributed by atoms with E-state index in [2.05, 4.69) is 5.32 Å². The molecule has 2 rings (SSSR count). The second kappa shape index (κ2) is 10.8. The molecule has 2 aromatic carbocycles. The number of hydrogen-bond acceptors (Lipinski definition) is 3. The zero-order valence-corrected chi connectivity index (χ0v) is 18.4. The molecule has 2 amide bonds. The maximum absolute atomic E-state index is 14.2. The monoisotopic (exact) mass is 414 g/mol. The highest BCUT2D eigenvalue weighted by atomic mass is 19.1. The van der Waals surface area contributed by atoms with Crippen LogP contribution in [0.15, 0.2) is 42.5 Å². The predicted octanol–water partition coefficient (Wildman–Crippen LogP) is 4.15. The molecule has 6 heteroatoms. The summed E-state index contributed by atoms with van der Waals surface area (Å²) in [6, 6.07) is 11.1. The minimum atomic E-state index is -0.770. The molecule has 0 aromatic heterocycles. The van der Waals surface area contributed by atoms with Crippen LogP contribution in [0.2, 0.25) is 0 Å². The van der Waals surface area contributed by atoms with Crippen molar-refractivity contribution in [1.29, 1.82) is 0 Å². The lowest BCUT2D eigenvalue weighted by Crippen LogP contribution is -2.50. The maximum atomic E-state index is 14.2. The molecule has 0 unspecified atom stereocenters. The fourth-order valence-electron chi connectivity index (χ4n) is 2.96. The lowest BCUT2D eigenvalue weighted by molar-refractivity contribution is -0.142. The molecule has 0 saturated heterocycles. The molecule has 0 bridgehead atoms. The number of rotatable bonds is 9. The molecular weight excluding hydrogens is 383 g/mol. The fraction of sp³-hybridized carbons (Fsp3) is 0.417. The summed E-state index contributed by atoms with van der Waals surface area (Å²) in [6.45, 7) is 9.16. The maximum Gasteiger partial charge on any atom is 0.261 e. The number of nitrogens with zero attached hydrogens (tertiary/aromatic N) is 1. The topological polar surface area (TPSA) is 58.6 Å². The molecule has 0 aliphatic carbocycles. The summed E-state index contributed by atoms with van der Waals surface area (Å²) >= 11 is 0. The third-order valence-electron chi connectivity index (χ3n) is 5.37. The number of ether oxygens (including phenoxy) is 1. The molecular formula is C24H31FN2O3. The number of carbonyl (C=O) groups excluding carboxylic acids is 2. The average Bonchev–Trinajstić information content (AvgIpc) is 2.73. The van der Waals surface area contributed by atoms with Crippen LogP contribution in [-0.4, -0.2) is 35.4 Å². The van der Waals surface area contributed by atoms with Crippen LogP contribution >= 0.6 is 0 Å². The second-order valence-corrected chi connectivity index (χ2v) is 7.59. The Morgan fingerprint density at radius 2 is 1.80 bits per heavy atom. The summed E-state index contributed by atoms with van der Waals surface area (Å²) in [5.74, 6) is -0.460. The zero-order valence-electron chi connectivity index (χ0n) is 18.4. The van der Waals surface area contributed by atoms with E-state index >= 15 is 0 Å². The van der Waals surface area contributed by atoms with Gasteiger partial charge in [-0.25, -0.2) is 4.39 Å². The van der Waals surface area contributed by atoms with Crippen molar-refractivity contribution in [3.8, 4) is 5.75 Å². The largest absolute Gasteiger partial charge is 0.483 e. The summed E-state index contributed by atoms with van der Waals surface area (Å²) in [7, 11) is 0. The second-order valence-electron chi connectivity index (χ2n) is 7.59. The van der Waals surface area contributed by atoms with Gasteiger partial charge in [-0.3, -0.25) is 9.59 Å². The van der Waals surface area contributed by atoms with E-state index in [1.165, 1.54) is 11.0 Å². The summed E-state index contributed by atoms with van der Waals surface area (Å²) in [6.07, 6.45) is 0.773. The predicted molar refractivity (Wildman–Crippen MR) is 116 cm³/mol. The van der Waals surface area contributed by atoms with Gasteiger partial charge >= 0.3 is 0 Å². The van der Waals surface area contributed by atoms with Gasteiger partial charge < -0.3 is 15.0 Å². The molecule has 0 radical (unpaired) electrons. The standard InChI is InChI=1S/C24H31FN2O3/c1-6-17(3)26-24(29)19(5)27(14-20-11-7-8-12-21(20)25)23(28)15-30-22-13-9-10-16(2)18(22)4/h7-13,17,19H,6,14-15H2,1-5H3,(H,26,29)/t17-,19+/m0/s1. The number of halogens is 1. The lowest BCUT2D eigenvalue weighted by Gasteiger charge is -2.29. The average molecular weight is 415 g/mol. The van der Waals surface area contributed by atoms with E-state index in [4.69, 9.17) is 4.74 Å². The van der Waals surface area contributed by atoms with Crippen molar-refractivity contribution in [3.05, 3.63) is 65.0 Å². The molecule has 0 heterocycles. The number of amides is 2. The fourth-order valence-corrected chi connectivity index (χ4v) is 2.96. The molecule has 5 nitrogen and oxygen atoms in total. The first-order chi connectivity index (χ1) is 14.2. The van der Waals surface area contributed by atoms with Crippen LogP contribution in [0.3, 0.4) is 0 Å². The van der Waals surface area contributed by atoms with Crippen LogP contribution in [0.25, 0.3) is 0 Å². The van der Waals surface area contributed by atoms with Crippen molar-refractivity contribution in [2.45, 2.75) is 59.7 Å². The molecule has 2 aromatic rings. The first kappa shape index (κ1) is 23.4. The number of aryl methyl sites for hydroxylation is 1. The van der Waals surface area contributed by atoms with Gasteiger partial charge in [0.15, 0.2) is 6.61 Å². The van der Waals surface area contributed by atoms with Gasteiger partial charge in [-0.1, -0.05) is 37.3 Å². The Hall–Kier alpha value is -2.89. The van der Waals surface area contributed by atoms with E-state index in [1.54, 1.807) is 31.2 Å². The van der Waals surface area contributed by atoms with Gasteiger partial charge in [0.05, 0.1) is 0 Å². The van der Waals surface area contributed by atoms with Gasteiger partial charge in [0, 0.05) is 18.2 Å². The van der Waals surface area contributed by atoms with Crippen molar-refractivity contribution >= 4 is 11.8 Å². The Kier molecular flexibility index (Phi) is 8.39. The van der Waals surface area contributed by atoms with Gasteiger partial charge in [0.2, 0.25) is 5.91 Å². The highest BCUT2D eigenvalue weighted by Crippen LogP contribution is 2.21. The minimum absolute atomic E-state index is 0.0171. The number of carbonyl (C=O) groups is 2. The number of benzene rings is 2. The van der Waals surface area contributed by atoms with Crippen LogP contribution in [0, 0.1) is 19.7 Å². The minimum Gasteiger partial charge on any atom is -0.483 e. The summed E-state index contributed by atoms with van der Waals surface area (Å²) in [5.41, 5.74) is 2.36. The Labute approximate surface area is 178 Å². The van der Waals surface area contributed by atoms with Crippen molar-refractivity contribution in [2.75, 3.05) is 6.61 Å². The smallest absolute Gasteiger partial charge is 0.261 e. The quantitative estimate of drug-likeness (QED) is 0.671. The SMILES string of the molecule is CC[C@H](C)NC(=O)[C@@H](C)N(Cc1ccccc1F)C(=O)COc1cccc(C)c1C. The third kappa shape index (κ3) is 6.05. The highest BCUT2D eigenvalue weighted by Gasteiger charge is 2.28. The van der Waals surface area contributed by atoms with E-state index in [0.717, 1.165) is 17.5 Å². The van der Waals surface area contributed by atoms with Gasteiger partial charge in [0.25, 0.3) is 5.91 Å². The lowest BCUT2D eigenvalue weighted by atomic mass is 10.1. The van der Waals surface area contributed by atoms with Gasteiger partial charge in [-0.05, 0) is 57.4 Å². The van der Waals surface area contributed by atoms with E-state index in [0.29, 0.717) is 11.3 Å². The zero-order chi connectivity index (χ0) is 22.3. The highest BCUT2D eigenvalue weighted by molar-refractivity contribution is 5.88. The van der Waals surface area contributed by atoms with E-state index < -0.39 is 11.9 Å². The van der Waals surface area contributed by atoms with Crippen molar-refractivity contribution < 1.29 is 18.7 Å². The van der Waals surface area contributed by atoms with Crippen molar-refractivity contribution in [1.82, 2.24) is 10.2 Å². The van der Waals surface area contributed by atoms with Gasteiger partial charge in [-0.15, -0.1) is 0 Å². The summed E-state index contributed by atoms with van der Waals surface area (Å²) in [4.78, 5) is 27.1. The number of nitrogens with one attached hydrogen (secondary N) is 1. The Bertz CT molecular complexity index is 885. The van der Waals surface area contributed by atoms with Crippen LogP contribution in [-0.2, 0) is 16.1 Å². The van der Waals surface area contributed by atoms with Crippen LogP contribution in [0.5, 0.6) is 5.75 Å². The Morgan fingerprint density at radius 3 is 2.47 bits per heavy atom. The number of hydrogen-bond donors (Lipinski definition) is 1. The van der Waals surface area contributed by atoms with Gasteiger partial charge in [0.1, 0.15) is 17.6 Å². The molecule has 1 N–H and O–H groups in total. The molecule has 0 fully saturated rings. The molecule has 0 spiro atoms. The Balaban J connectivity index is 2.20. The summed E-state index contributed by atoms with van der Waals surface area (Å²) < 4.78 is 20.0. The first-order valence-corrected chi connectivity index (χ1v) is 10.3. The summed E-state index contributed by atoms with van der Waals surface area (Å²) in [5, 5.41) is 2.89. The van der Waals surface area contributed by atoms with E-state index in [9.17, 15) is 14.0 Å². The molecule has 2 atom stereocenters. The Morgan fingerprint density at radius 1 is 1.10 bits per heavy atom. The first-order valence-electron chi connectivity index (χ1n) is 10.3. The van der Waals surface area contributed by atoms with Gasteiger partial charge in [-0.2, -0.15) is 0 Å². The molecule has 0 saturated carbocycles.